The van der Waals surface area contributed by atoms with E-state index in [4.69, 9.17) is 15.2 Å². The Balaban J connectivity index is 1.37. The molecule has 1 heterocycles. The number of nitrogens with two attached hydrogens (primary N) is 1. The van der Waals surface area contributed by atoms with E-state index < -0.39 is 0 Å². The number of anilines is 3. The average molecular weight is 361 g/mol. The minimum atomic E-state index is -0.191. The van der Waals surface area contributed by atoms with Gasteiger partial charge in [-0.2, -0.15) is 0 Å². The molecule has 4 N–H and O–H groups in total. The van der Waals surface area contributed by atoms with Gasteiger partial charge in [0, 0.05) is 23.9 Å². The van der Waals surface area contributed by atoms with Crippen molar-refractivity contribution < 1.29 is 14.3 Å². The quantitative estimate of drug-likeness (QED) is 0.601. The van der Waals surface area contributed by atoms with Crippen molar-refractivity contribution in [3.63, 3.8) is 0 Å². The molecule has 6 nitrogen and oxygen atoms in total. The predicted octanol–water partition coefficient (Wildman–Crippen LogP) is 3.86. The van der Waals surface area contributed by atoms with E-state index in [1.807, 2.05) is 42.5 Å². The Labute approximate surface area is 156 Å². The number of fused-ring (bicyclic) bond motifs is 1. The Hall–Kier alpha value is -3.67. The molecule has 0 aromatic heterocycles. The van der Waals surface area contributed by atoms with E-state index in [-0.39, 0.29) is 12.7 Å². The Bertz CT molecular complexity index is 971. The van der Waals surface area contributed by atoms with Gasteiger partial charge in [-0.1, -0.05) is 24.3 Å². The van der Waals surface area contributed by atoms with Crippen LogP contribution in [0, 0.1) is 0 Å². The van der Waals surface area contributed by atoms with Crippen LogP contribution in [-0.4, -0.2) is 12.7 Å². The molecular formula is C21H19N3O3. The van der Waals surface area contributed by atoms with Crippen LogP contribution in [0.2, 0.25) is 0 Å². The second-order valence-corrected chi connectivity index (χ2v) is 6.16. The van der Waals surface area contributed by atoms with Gasteiger partial charge in [0.25, 0.3) is 5.91 Å². The summed E-state index contributed by atoms with van der Waals surface area (Å²) in [6.07, 6.45) is 0. The lowest BCUT2D eigenvalue weighted by molar-refractivity contribution is 0.102. The molecule has 6 heteroatoms. The van der Waals surface area contributed by atoms with E-state index in [2.05, 4.69) is 10.6 Å². The summed E-state index contributed by atoms with van der Waals surface area (Å²) in [6, 6.07) is 20.4. The maximum absolute atomic E-state index is 12.4. The molecule has 1 amide bonds. The normalized spacial score (nSPS) is 11.9. The monoisotopic (exact) mass is 361 g/mol. The van der Waals surface area contributed by atoms with Gasteiger partial charge in [0.2, 0.25) is 6.79 Å². The van der Waals surface area contributed by atoms with Gasteiger partial charge in [0.15, 0.2) is 11.5 Å². The van der Waals surface area contributed by atoms with E-state index in [1.54, 1.807) is 24.3 Å². The summed E-state index contributed by atoms with van der Waals surface area (Å²) in [4.78, 5) is 12.4. The van der Waals surface area contributed by atoms with Gasteiger partial charge < -0.3 is 25.8 Å². The van der Waals surface area contributed by atoms with Crippen molar-refractivity contribution in [3.8, 4) is 11.5 Å². The molecule has 1 aliphatic rings. The standard InChI is InChI=1S/C21H19N3O3/c22-17-3-1-2-4-18(17)24-21(25)15-7-5-14(6-8-15)12-23-16-9-10-19-20(11-16)27-13-26-19/h1-11,23H,12-13,22H2,(H,24,25). The third kappa shape index (κ3) is 3.79. The lowest BCUT2D eigenvalue weighted by Gasteiger charge is -2.10. The summed E-state index contributed by atoms with van der Waals surface area (Å²) in [5.41, 5.74) is 9.58. The molecule has 0 atom stereocenters. The number of ether oxygens (including phenoxy) is 2. The molecule has 0 fully saturated rings. The Kier molecular flexibility index (Phi) is 4.53. The molecule has 0 spiro atoms. The topological polar surface area (TPSA) is 85.6 Å². The highest BCUT2D eigenvalue weighted by atomic mass is 16.7. The van der Waals surface area contributed by atoms with Gasteiger partial charge in [-0.05, 0) is 42.0 Å². The molecule has 1 aliphatic heterocycles. The number of amides is 1. The first-order chi connectivity index (χ1) is 13.2. The molecule has 0 aliphatic carbocycles. The van der Waals surface area contributed by atoms with Crippen molar-refractivity contribution in [1.29, 1.82) is 0 Å². The first-order valence-corrected chi connectivity index (χ1v) is 8.57. The summed E-state index contributed by atoms with van der Waals surface area (Å²) in [7, 11) is 0. The predicted molar refractivity (Wildman–Crippen MR) is 105 cm³/mol. The molecule has 3 aromatic carbocycles. The van der Waals surface area contributed by atoms with Gasteiger partial charge >= 0.3 is 0 Å². The molecule has 0 saturated carbocycles. The van der Waals surface area contributed by atoms with Crippen LogP contribution in [0.15, 0.2) is 66.7 Å². The first-order valence-electron chi connectivity index (χ1n) is 8.57. The molecule has 0 bridgehead atoms. The highest BCUT2D eigenvalue weighted by Crippen LogP contribution is 2.34. The van der Waals surface area contributed by atoms with E-state index in [1.165, 1.54) is 0 Å². The number of para-hydroxylation sites is 2. The first kappa shape index (κ1) is 16.8. The lowest BCUT2D eigenvalue weighted by atomic mass is 10.1. The van der Waals surface area contributed by atoms with E-state index in [0.29, 0.717) is 23.5 Å². The van der Waals surface area contributed by atoms with Crippen LogP contribution in [0.4, 0.5) is 17.1 Å². The van der Waals surface area contributed by atoms with Crippen LogP contribution in [-0.2, 0) is 6.54 Å². The molecule has 0 unspecified atom stereocenters. The molecule has 136 valence electrons. The van der Waals surface area contributed by atoms with Gasteiger partial charge in [-0.15, -0.1) is 0 Å². The summed E-state index contributed by atoms with van der Waals surface area (Å²) >= 11 is 0. The van der Waals surface area contributed by atoms with Gasteiger partial charge in [0.1, 0.15) is 0 Å². The van der Waals surface area contributed by atoms with E-state index in [0.717, 1.165) is 22.7 Å². The lowest BCUT2D eigenvalue weighted by Crippen LogP contribution is -2.13. The van der Waals surface area contributed by atoms with Crippen LogP contribution in [0.25, 0.3) is 0 Å². The summed E-state index contributed by atoms with van der Waals surface area (Å²) < 4.78 is 10.7. The van der Waals surface area contributed by atoms with Crippen LogP contribution in [0.1, 0.15) is 15.9 Å². The number of rotatable bonds is 5. The second-order valence-electron chi connectivity index (χ2n) is 6.16. The zero-order valence-electron chi connectivity index (χ0n) is 14.6. The zero-order chi connectivity index (χ0) is 18.6. The molecule has 27 heavy (non-hydrogen) atoms. The molecular weight excluding hydrogens is 342 g/mol. The minimum Gasteiger partial charge on any atom is -0.454 e. The number of hydrogen-bond donors (Lipinski definition) is 3. The van der Waals surface area contributed by atoms with Gasteiger partial charge in [-0.3, -0.25) is 4.79 Å². The van der Waals surface area contributed by atoms with Crippen molar-refractivity contribution >= 4 is 23.0 Å². The van der Waals surface area contributed by atoms with Crippen LogP contribution < -0.4 is 25.8 Å². The number of nitrogen functional groups attached to an aromatic ring is 1. The average Bonchev–Trinajstić information content (AvgIpc) is 3.16. The van der Waals surface area contributed by atoms with Crippen molar-refractivity contribution in [2.45, 2.75) is 6.54 Å². The highest BCUT2D eigenvalue weighted by Gasteiger charge is 2.13. The number of carbonyl (C=O) groups excluding carboxylic acids is 1. The highest BCUT2D eigenvalue weighted by molar-refractivity contribution is 6.05. The molecule has 3 aromatic rings. The summed E-state index contributed by atoms with van der Waals surface area (Å²) in [5, 5.41) is 6.16. The number of nitrogens with one attached hydrogen (secondary N) is 2. The summed E-state index contributed by atoms with van der Waals surface area (Å²) in [6.45, 7) is 0.893. The fraction of sp³-hybridized carbons (Fsp3) is 0.0952. The summed E-state index contributed by atoms with van der Waals surface area (Å²) in [5.74, 6) is 1.31. The maximum Gasteiger partial charge on any atom is 0.255 e. The van der Waals surface area contributed by atoms with E-state index >= 15 is 0 Å². The third-order valence-electron chi connectivity index (χ3n) is 4.29. The molecule has 0 saturated heterocycles. The van der Waals surface area contributed by atoms with Crippen LogP contribution >= 0.6 is 0 Å². The number of carbonyl (C=O) groups is 1. The van der Waals surface area contributed by atoms with Crippen molar-refractivity contribution in [3.05, 3.63) is 77.9 Å². The molecule has 0 radical (unpaired) electrons. The van der Waals surface area contributed by atoms with Crippen LogP contribution in [0.3, 0.4) is 0 Å². The Morgan fingerprint density at radius 1 is 0.963 bits per heavy atom. The van der Waals surface area contributed by atoms with E-state index in [9.17, 15) is 4.79 Å². The largest absolute Gasteiger partial charge is 0.454 e. The number of benzene rings is 3. The third-order valence-corrected chi connectivity index (χ3v) is 4.29. The van der Waals surface area contributed by atoms with Gasteiger partial charge in [0.05, 0.1) is 11.4 Å². The zero-order valence-corrected chi connectivity index (χ0v) is 14.6. The van der Waals surface area contributed by atoms with Crippen molar-refractivity contribution in [2.24, 2.45) is 0 Å². The molecule has 4 rings (SSSR count). The fourth-order valence-corrected chi connectivity index (χ4v) is 2.79. The van der Waals surface area contributed by atoms with Crippen LogP contribution in [0.5, 0.6) is 11.5 Å². The van der Waals surface area contributed by atoms with Crippen molar-refractivity contribution in [2.75, 3.05) is 23.2 Å². The fourth-order valence-electron chi connectivity index (χ4n) is 2.79. The SMILES string of the molecule is Nc1ccccc1NC(=O)c1ccc(CNc2ccc3c(c2)OCO3)cc1. The Morgan fingerprint density at radius 2 is 1.74 bits per heavy atom. The number of hydrogen-bond acceptors (Lipinski definition) is 5. The second kappa shape index (κ2) is 7.29. The Morgan fingerprint density at radius 3 is 2.56 bits per heavy atom. The van der Waals surface area contributed by atoms with Crippen molar-refractivity contribution in [1.82, 2.24) is 0 Å². The smallest absolute Gasteiger partial charge is 0.255 e. The minimum absolute atomic E-state index is 0.191. The maximum atomic E-state index is 12.4. The van der Waals surface area contributed by atoms with Gasteiger partial charge in [-0.25, -0.2) is 0 Å².